The van der Waals surface area contributed by atoms with Gasteiger partial charge >= 0.3 is 0 Å². The lowest BCUT2D eigenvalue weighted by Gasteiger charge is -2.33. The van der Waals surface area contributed by atoms with E-state index in [2.05, 4.69) is 42.0 Å². The summed E-state index contributed by atoms with van der Waals surface area (Å²) in [7, 11) is 0. The van der Waals surface area contributed by atoms with Crippen molar-refractivity contribution in [2.75, 3.05) is 26.2 Å². The second kappa shape index (κ2) is 8.50. The van der Waals surface area contributed by atoms with Crippen molar-refractivity contribution in [2.45, 2.75) is 20.4 Å². The van der Waals surface area contributed by atoms with Gasteiger partial charge in [-0.25, -0.2) is 0 Å². The fourth-order valence-corrected chi connectivity index (χ4v) is 3.33. The largest absolute Gasteiger partial charge is 0.295 e. The predicted octanol–water partition coefficient (Wildman–Crippen LogP) is 4.02. The number of rotatable bonds is 5. The average molecular weight is 387 g/mol. The molecule has 27 heavy (non-hydrogen) atoms. The first-order valence-electron chi connectivity index (χ1n) is 8.94. The molecular formula is C20H23ClN4O2. The molecule has 1 aliphatic heterocycles. The van der Waals surface area contributed by atoms with Crippen LogP contribution in [0.5, 0.6) is 0 Å². The summed E-state index contributed by atoms with van der Waals surface area (Å²) in [6, 6.07) is 11.0. The van der Waals surface area contributed by atoms with Crippen molar-refractivity contribution in [2.24, 2.45) is 5.10 Å². The van der Waals surface area contributed by atoms with E-state index >= 15 is 0 Å². The van der Waals surface area contributed by atoms with Crippen LogP contribution in [0.25, 0.3) is 0 Å². The van der Waals surface area contributed by atoms with Gasteiger partial charge in [0.2, 0.25) is 0 Å². The molecule has 0 amide bonds. The van der Waals surface area contributed by atoms with E-state index in [9.17, 15) is 10.1 Å². The van der Waals surface area contributed by atoms with Crippen LogP contribution in [-0.2, 0) is 6.54 Å². The third-order valence-electron chi connectivity index (χ3n) is 4.79. The molecule has 1 heterocycles. The highest BCUT2D eigenvalue weighted by atomic mass is 35.5. The maximum absolute atomic E-state index is 10.9. The minimum atomic E-state index is -0.431. The highest BCUT2D eigenvalue weighted by Gasteiger charge is 2.16. The zero-order valence-corrected chi connectivity index (χ0v) is 16.3. The molecule has 0 radical (unpaired) electrons. The molecule has 0 saturated carbocycles. The van der Waals surface area contributed by atoms with Crippen molar-refractivity contribution in [3.63, 3.8) is 0 Å². The summed E-state index contributed by atoms with van der Waals surface area (Å²) in [6.45, 7) is 8.69. The van der Waals surface area contributed by atoms with E-state index in [1.165, 1.54) is 34.9 Å². The number of aryl methyl sites for hydroxylation is 2. The SMILES string of the molecule is Cc1ccc(CN2CCN(/N=C\c3cc([N+](=O)[O-])ccc3Cl)CC2)c(C)c1. The molecule has 2 aromatic rings. The van der Waals surface area contributed by atoms with Gasteiger partial charge in [0, 0.05) is 55.4 Å². The molecule has 0 spiro atoms. The van der Waals surface area contributed by atoms with Crippen molar-refractivity contribution < 1.29 is 4.92 Å². The lowest BCUT2D eigenvalue weighted by Crippen LogP contribution is -2.43. The van der Waals surface area contributed by atoms with Crippen molar-refractivity contribution >= 4 is 23.5 Å². The number of benzene rings is 2. The Morgan fingerprint density at radius 2 is 1.89 bits per heavy atom. The third kappa shape index (κ3) is 5.05. The number of nitro benzene ring substituents is 1. The Kier molecular flexibility index (Phi) is 6.08. The molecule has 0 atom stereocenters. The van der Waals surface area contributed by atoms with E-state index in [4.69, 9.17) is 11.6 Å². The van der Waals surface area contributed by atoms with Crippen molar-refractivity contribution in [3.8, 4) is 0 Å². The van der Waals surface area contributed by atoms with Crippen LogP contribution in [0.15, 0.2) is 41.5 Å². The molecule has 0 unspecified atom stereocenters. The summed E-state index contributed by atoms with van der Waals surface area (Å²) < 4.78 is 0. The molecule has 0 N–H and O–H groups in total. The maximum atomic E-state index is 10.9. The molecule has 142 valence electrons. The van der Waals surface area contributed by atoms with Crippen molar-refractivity contribution in [1.29, 1.82) is 0 Å². The highest BCUT2D eigenvalue weighted by molar-refractivity contribution is 6.33. The molecule has 0 bridgehead atoms. The first kappa shape index (κ1) is 19.3. The Hall–Kier alpha value is -2.44. The first-order valence-corrected chi connectivity index (χ1v) is 9.31. The fourth-order valence-electron chi connectivity index (χ4n) is 3.16. The number of nitrogens with zero attached hydrogens (tertiary/aromatic N) is 4. The van der Waals surface area contributed by atoms with Crippen LogP contribution in [0.4, 0.5) is 5.69 Å². The van der Waals surface area contributed by atoms with Crippen LogP contribution < -0.4 is 0 Å². The van der Waals surface area contributed by atoms with Crippen molar-refractivity contribution in [3.05, 3.63) is 73.8 Å². The quantitative estimate of drug-likeness (QED) is 0.442. The Balaban J connectivity index is 1.57. The Labute approximate surface area is 164 Å². The Morgan fingerprint density at radius 3 is 2.56 bits per heavy atom. The van der Waals surface area contributed by atoms with Gasteiger partial charge in [-0.05, 0) is 31.0 Å². The number of non-ortho nitro benzene ring substituents is 1. The number of hydrogen-bond donors (Lipinski definition) is 0. The van der Waals surface area contributed by atoms with Gasteiger partial charge in [-0.3, -0.25) is 20.0 Å². The molecule has 1 saturated heterocycles. The summed E-state index contributed by atoms with van der Waals surface area (Å²) in [5.74, 6) is 0. The van der Waals surface area contributed by atoms with Crippen LogP contribution in [0.2, 0.25) is 5.02 Å². The van der Waals surface area contributed by atoms with Gasteiger partial charge in [0.25, 0.3) is 5.69 Å². The molecule has 0 aliphatic carbocycles. The number of nitro groups is 1. The minimum absolute atomic E-state index is 0.0131. The monoisotopic (exact) mass is 386 g/mol. The molecule has 1 aliphatic rings. The van der Waals surface area contributed by atoms with Gasteiger partial charge in [0.1, 0.15) is 0 Å². The topological polar surface area (TPSA) is 62.0 Å². The summed E-state index contributed by atoms with van der Waals surface area (Å²) in [6.07, 6.45) is 1.61. The fraction of sp³-hybridized carbons (Fsp3) is 0.350. The van der Waals surface area contributed by atoms with Crippen molar-refractivity contribution in [1.82, 2.24) is 9.91 Å². The second-order valence-corrected chi connectivity index (χ2v) is 7.27. The minimum Gasteiger partial charge on any atom is -0.295 e. The summed E-state index contributed by atoms with van der Waals surface area (Å²) in [5, 5.41) is 17.8. The van der Waals surface area contributed by atoms with E-state index in [-0.39, 0.29) is 5.69 Å². The van der Waals surface area contributed by atoms with Crippen LogP contribution >= 0.6 is 11.6 Å². The summed E-state index contributed by atoms with van der Waals surface area (Å²) in [4.78, 5) is 12.9. The first-order chi connectivity index (χ1) is 12.9. The van der Waals surface area contributed by atoms with Crippen LogP contribution in [0, 0.1) is 24.0 Å². The lowest BCUT2D eigenvalue weighted by atomic mass is 10.1. The Bertz CT molecular complexity index is 861. The van der Waals surface area contributed by atoms with Gasteiger partial charge in [-0.1, -0.05) is 35.4 Å². The zero-order valence-electron chi connectivity index (χ0n) is 15.6. The summed E-state index contributed by atoms with van der Waals surface area (Å²) >= 11 is 6.12. The van der Waals surface area contributed by atoms with Gasteiger partial charge in [0.15, 0.2) is 0 Å². The van der Waals surface area contributed by atoms with Gasteiger partial charge < -0.3 is 0 Å². The van der Waals surface area contributed by atoms with E-state index in [0.29, 0.717) is 10.6 Å². The van der Waals surface area contributed by atoms with E-state index in [1.807, 2.05) is 5.01 Å². The Morgan fingerprint density at radius 1 is 1.15 bits per heavy atom. The standard InChI is InChI=1S/C20H23ClN4O2/c1-15-3-4-17(16(2)11-15)14-23-7-9-24(10-8-23)22-13-18-12-19(25(26)27)5-6-20(18)21/h3-6,11-13H,7-10,14H2,1-2H3/b22-13-. The lowest BCUT2D eigenvalue weighted by molar-refractivity contribution is -0.384. The van der Waals surface area contributed by atoms with Crippen LogP contribution in [-0.4, -0.2) is 47.2 Å². The molecule has 2 aromatic carbocycles. The van der Waals surface area contributed by atoms with Gasteiger partial charge in [-0.15, -0.1) is 0 Å². The number of piperazine rings is 1. The third-order valence-corrected chi connectivity index (χ3v) is 5.14. The van der Waals surface area contributed by atoms with Gasteiger partial charge in [0.05, 0.1) is 11.1 Å². The normalized spacial score (nSPS) is 15.4. The molecule has 7 heteroatoms. The second-order valence-electron chi connectivity index (χ2n) is 6.87. The van der Waals surface area contributed by atoms with Crippen LogP contribution in [0.1, 0.15) is 22.3 Å². The highest BCUT2D eigenvalue weighted by Crippen LogP contribution is 2.21. The number of hydrazone groups is 1. The summed E-state index contributed by atoms with van der Waals surface area (Å²) in [5.41, 5.74) is 4.55. The molecule has 6 nitrogen and oxygen atoms in total. The molecule has 3 rings (SSSR count). The maximum Gasteiger partial charge on any atom is 0.270 e. The zero-order chi connectivity index (χ0) is 19.4. The number of hydrogen-bond acceptors (Lipinski definition) is 5. The molecular weight excluding hydrogens is 364 g/mol. The van der Waals surface area contributed by atoms with E-state index < -0.39 is 4.92 Å². The van der Waals surface area contributed by atoms with E-state index in [1.54, 1.807) is 6.21 Å². The molecule has 1 fully saturated rings. The smallest absolute Gasteiger partial charge is 0.270 e. The van der Waals surface area contributed by atoms with E-state index in [0.717, 1.165) is 32.7 Å². The average Bonchev–Trinajstić information content (AvgIpc) is 2.64. The molecule has 0 aromatic heterocycles. The predicted molar refractivity (Wildman–Crippen MR) is 108 cm³/mol. The van der Waals surface area contributed by atoms with Crippen LogP contribution in [0.3, 0.4) is 0 Å². The van der Waals surface area contributed by atoms with Gasteiger partial charge in [-0.2, -0.15) is 5.10 Å². The number of halogens is 1.